The Bertz CT molecular complexity index is 237. The van der Waals surface area contributed by atoms with Gasteiger partial charge >= 0.3 is 5.97 Å². The van der Waals surface area contributed by atoms with Crippen LogP contribution in [0.1, 0.15) is 46.5 Å². The Hall–Kier alpha value is -0.790. The molecule has 0 heterocycles. The minimum Gasteiger partial charge on any atom is -0.478 e. The van der Waals surface area contributed by atoms with Crippen molar-refractivity contribution in [3.8, 4) is 0 Å². The van der Waals surface area contributed by atoms with Gasteiger partial charge in [0.25, 0.3) is 0 Å². The predicted molar refractivity (Wildman–Crippen MR) is 52.6 cm³/mol. The van der Waals surface area contributed by atoms with Crippen LogP contribution in [0.25, 0.3) is 0 Å². The lowest BCUT2D eigenvalue weighted by molar-refractivity contribution is -0.132. The highest BCUT2D eigenvalue weighted by Crippen LogP contribution is 2.38. The fraction of sp³-hybridized carbons (Fsp3) is 0.727. The number of carboxylic acids is 1. The van der Waals surface area contributed by atoms with Gasteiger partial charge in [0.2, 0.25) is 0 Å². The number of rotatable bonds is 1. The van der Waals surface area contributed by atoms with Crippen LogP contribution in [0.15, 0.2) is 11.1 Å². The highest BCUT2D eigenvalue weighted by Gasteiger charge is 2.25. The molecular weight excluding hydrogens is 164 g/mol. The minimum atomic E-state index is -0.755. The third-order valence-electron chi connectivity index (χ3n) is 3.06. The number of hydrogen-bond acceptors (Lipinski definition) is 1. The predicted octanol–water partition coefficient (Wildman–Crippen LogP) is 2.99. The molecule has 1 rings (SSSR count). The summed E-state index contributed by atoms with van der Waals surface area (Å²) in [5.74, 6) is -0.755. The summed E-state index contributed by atoms with van der Waals surface area (Å²) in [6.45, 7) is 6.22. The molecule has 0 aliphatic heterocycles. The number of allylic oxidation sites excluding steroid dienone is 1. The van der Waals surface area contributed by atoms with Crippen LogP contribution in [0, 0.1) is 5.41 Å². The summed E-state index contributed by atoms with van der Waals surface area (Å²) < 4.78 is 0. The van der Waals surface area contributed by atoms with Crippen molar-refractivity contribution in [2.75, 3.05) is 0 Å². The van der Waals surface area contributed by atoms with E-state index in [2.05, 4.69) is 13.8 Å². The van der Waals surface area contributed by atoms with E-state index in [-0.39, 0.29) is 0 Å². The van der Waals surface area contributed by atoms with Crippen molar-refractivity contribution in [2.45, 2.75) is 46.5 Å². The normalized spacial score (nSPS) is 21.3. The summed E-state index contributed by atoms with van der Waals surface area (Å²) in [5, 5.41) is 8.81. The molecule has 0 aromatic rings. The standard InChI is InChI=1S/C11H18O2/c1-8(10(12)13)9-4-6-11(2,3)7-5-9/h4-7H2,1-3H3,(H,12,13). The maximum atomic E-state index is 10.7. The average Bonchev–Trinajstić information content (AvgIpc) is 2.03. The van der Waals surface area contributed by atoms with Crippen LogP contribution in [-0.4, -0.2) is 11.1 Å². The molecule has 0 bridgehead atoms. The second-order valence-electron chi connectivity index (χ2n) is 4.70. The molecular formula is C11H18O2. The van der Waals surface area contributed by atoms with Gasteiger partial charge in [-0.1, -0.05) is 19.4 Å². The van der Waals surface area contributed by atoms with Crippen LogP contribution >= 0.6 is 0 Å². The summed E-state index contributed by atoms with van der Waals surface area (Å²) in [4.78, 5) is 10.7. The Morgan fingerprint density at radius 3 is 2.15 bits per heavy atom. The average molecular weight is 182 g/mol. The molecule has 1 saturated carbocycles. The van der Waals surface area contributed by atoms with Gasteiger partial charge in [0.1, 0.15) is 0 Å². The van der Waals surface area contributed by atoms with Gasteiger partial charge in [0.05, 0.1) is 0 Å². The third kappa shape index (κ3) is 2.58. The summed E-state index contributed by atoms with van der Waals surface area (Å²) >= 11 is 0. The Labute approximate surface area is 79.6 Å². The lowest BCUT2D eigenvalue weighted by Gasteiger charge is -2.31. The molecule has 13 heavy (non-hydrogen) atoms. The molecule has 0 radical (unpaired) electrons. The first-order valence-corrected chi connectivity index (χ1v) is 4.84. The van der Waals surface area contributed by atoms with Gasteiger partial charge in [0.15, 0.2) is 0 Å². The quantitative estimate of drug-likeness (QED) is 0.633. The molecule has 1 aliphatic carbocycles. The zero-order valence-corrected chi connectivity index (χ0v) is 8.68. The molecule has 0 spiro atoms. The summed E-state index contributed by atoms with van der Waals surface area (Å²) in [6.07, 6.45) is 4.16. The first-order valence-electron chi connectivity index (χ1n) is 4.84. The largest absolute Gasteiger partial charge is 0.478 e. The summed E-state index contributed by atoms with van der Waals surface area (Å²) in [5.41, 5.74) is 2.12. The van der Waals surface area contributed by atoms with E-state index >= 15 is 0 Å². The van der Waals surface area contributed by atoms with E-state index in [1.165, 1.54) is 0 Å². The fourth-order valence-electron chi connectivity index (χ4n) is 1.75. The molecule has 2 heteroatoms. The van der Waals surface area contributed by atoms with E-state index in [1.807, 2.05) is 0 Å². The fourth-order valence-corrected chi connectivity index (χ4v) is 1.75. The van der Waals surface area contributed by atoms with Gasteiger partial charge in [-0.05, 0) is 38.0 Å². The van der Waals surface area contributed by atoms with Crippen LogP contribution < -0.4 is 0 Å². The van der Waals surface area contributed by atoms with Crippen molar-refractivity contribution in [3.63, 3.8) is 0 Å². The molecule has 2 nitrogen and oxygen atoms in total. The zero-order chi connectivity index (χ0) is 10.1. The Morgan fingerprint density at radius 1 is 1.31 bits per heavy atom. The van der Waals surface area contributed by atoms with Gasteiger partial charge in [-0.3, -0.25) is 0 Å². The van der Waals surface area contributed by atoms with E-state index in [9.17, 15) is 4.79 Å². The molecule has 0 aromatic carbocycles. The Balaban J connectivity index is 2.69. The van der Waals surface area contributed by atoms with Gasteiger partial charge < -0.3 is 5.11 Å². The minimum absolute atomic E-state index is 0.405. The number of aliphatic carboxylic acids is 1. The lowest BCUT2D eigenvalue weighted by Crippen LogP contribution is -2.18. The zero-order valence-electron chi connectivity index (χ0n) is 8.68. The third-order valence-corrected chi connectivity index (χ3v) is 3.06. The van der Waals surface area contributed by atoms with Crippen molar-refractivity contribution < 1.29 is 9.90 Å². The second-order valence-corrected chi connectivity index (χ2v) is 4.70. The number of carboxylic acid groups (broad SMARTS) is 1. The maximum Gasteiger partial charge on any atom is 0.331 e. The van der Waals surface area contributed by atoms with E-state index < -0.39 is 5.97 Å². The number of hydrogen-bond donors (Lipinski definition) is 1. The van der Waals surface area contributed by atoms with E-state index in [1.54, 1.807) is 6.92 Å². The molecule has 1 fully saturated rings. The monoisotopic (exact) mass is 182 g/mol. The van der Waals surface area contributed by atoms with Gasteiger partial charge in [-0.15, -0.1) is 0 Å². The molecule has 0 unspecified atom stereocenters. The highest BCUT2D eigenvalue weighted by molar-refractivity contribution is 5.86. The summed E-state index contributed by atoms with van der Waals surface area (Å²) in [7, 11) is 0. The van der Waals surface area contributed by atoms with E-state index in [4.69, 9.17) is 5.11 Å². The number of carbonyl (C=O) groups is 1. The van der Waals surface area contributed by atoms with Crippen LogP contribution in [-0.2, 0) is 4.79 Å². The van der Waals surface area contributed by atoms with Crippen molar-refractivity contribution in [1.29, 1.82) is 0 Å². The topological polar surface area (TPSA) is 37.3 Å². The van der Waals surface area contributed by atoms with Crippen molar-refractivity contribution in [1.82, 2.24) is 0 Å². The molecule has 1 N–H and O–H groups in total. The van der Waals surface area contributed by atoms with Gasteiger partial charge in [0, 0.05) is 5.57 Å². The van der Waals surface area contributed by atoms with Crippen LogP contribution in [0.5, 0.6) is 0 Å². The first kappa shape index (κ1) is 10.3. The Kier molecular flexibility index (Phi) is 2.79. The van der Waals surface area contributed by atoms with Crippen LogP contribution in [0.3, 0.4) is 0 Å². The van der Waals surface area contributed by atoms with Gasteiger partial charge in [-0.2, -0.15) is 0 Å². The lowest BCUT2D eigenvalue weighted by atomic mass is 9.74. The first-order chi connectivity index (χ1) is 5.92. The SMILES string of the molecule is CC(C(=O)O)=C1CCC(C)(C)CC1. The van der Waals surface area contributed by atoms with Crippen molar-refractivity contribution in [3.05, 3.63) is 11.1 Å². The smallest absolute Gasteiger partial charge is 0.331 e. The van der Waals surface area contributed by atoms with Crippen LogP contribution in [0.2, 0.25) is 0 Å². The van der Waals surface area contributed by atoms with E-state index in [0.717, 1.165) is 31.3 Å². The molecule has 0 amide bonds. The Morgan fingerprint density at radius 2 is 1.77 bits per heavy atom. The van der Waals surface area contributed by atoms with Gasteiger partial charge in [-0.25, -0.2) is 4.79 Å². The van der Waals surface area contributed by atoms with Crippen molar-refractivity contribution in [2.24, 2.45) is 5.41 Å². The molecule has 1 aliphatic rings. The van der Waals surface area contributed by atoms with Crippen LogP contribution in [0.4, 0.5) is 0 Å². The maximum absolute atomic E-state index is 10.7. The van der Waals surface area contributed by atoms with Crippen molar-refractivity contribution >= 4 is 5.97 Å². The second kappa shape index (κ2) is 3.52. The molecule has 0 saturated heterocycles. The molecule has 74 valence electrons. The summed E-state index contributed by atoms with van der Waals surface area (Å²) in [6, 6.07) is 0. The highest BCUT2D eigenvalue weighted by atomic mass is 16.4. The molecule has 0 atom stereocenters. The van der Waals surface area contributed by atoms with E-state index in [0.29, 0.717) is 11.0 Å². The molecule has 0 aromatic heterocycles.